The SMILES string of the molecule is COCC(C)(C)NS(=O)(=O)c1ccc(Cl)c(Br)c1. The van der Waals surface area contributed by atoms with Crippen molar-refractivity contribution in [3.05, 3.63) is 27.7 Å². The Hall–Kier alpha value is -0.140. The molecule has 0 aliphatic carbocycles. The van der Waals surface area contributed by atoms with E-state index in [1.165, 1.54) is 25.3 Å². The fraction of sp³-hybridized carbons (Fsp3) is 0.455. The van der Waals surface area contributed by atoms with Crippen LogP contribution >= 0.6 is 27.5 Å². The summed E-state index contributed by atoms with van der Waals surface area (Å²) in [6.45, 7) is 3.78. The van der Waals surface area contributed by atoms with Crippen LogP contribution in [0.25, 0.3) is 0 Å². The van der Waals surface area contributed by atoms with Gasteiger partial charge in [-0.15, -0.1) is 0 Å². The molecule has 0 spiro atoms. The van der Waals surface area contributed by atoms with E-state index in [0.29, 0.717) is 9.50 Å². The van der Waals surface area contributed by atoms with E-state index in [2.05, 4.69) is 20.7 Å². The van der Waals surface area contributed by atoms with Gasteiger partial charge in [-0.05, 0) is 48.0 Å². The normalized spacial score (nSPS) is 12.7. The predicted molar refractivity (Wildman–Crippen MR) is 75.4 cm³/mol. The molecule has 0 radical (unpaired) electrons. The summed E-state index contributed by atoms with van der Waals surface area (Å²) in [6.07, 6.45) is 0. The smallest absolute Gasteiger partial charge is 0.241 e. The number of hydrogen-bond acceptors (Lipinski definition) is 3. The van der Waals surface area contributed by atoms with Crippen LogP contribution in [0, 0.1) is 0 Å². The Morgan fingerprint density at radius 2 is 2.06 bits per heavy atom. The average molecular weight is 357 g/mol. The molecule has 1 aromatic carbocycles. The van der Waals surface area contributed by atoms with Crippen LogP contribution in [0.3, 0.4) is 0 Å². The van der Waals surface area contributed by atoms with Crippen LogP contribution < -0.4 is 4.72 Å². The number of benzene rings is 1. The van der Waals surface area contributed by atoms with Crippen molar-refractivity contribution in [2.75, 3.05) is 13.7 Å². The third kappa shape index (κ3) is 4.20. The summed E-state index contributed by atoms with van der Waals surface area (Å²) in [5.74, 6) is 0. The summed E-state index contributed by atoms with van der Waals surface area (Å²) < 4.78 is 32.4. The number of hydrogen-bond donors (Lipinski definition) is 1. The van der Waals surface area contributed by atoms with Crippen LogP contribution in [0.4, 0.5) is 0 Å². The molecule has 0 unspecified atom stereocenters. The molecule has 1 N–H and O–H groups in total. The van der Waals surface area contributed by atoms with E-state index in [1.807, 2.05) is 0 Å². The van der Waals surface area contributed by atoms with Gasteiger partial charge < -0.3 is 4.74 Å². The van der Waals surface area contributed by atoms with Gasteiger partial charge in [-0.3, -0.25) is 0 Å². The Kier molecular flexibility index (Phi) is 5.20. The lowest BCUT2D eigenvalue weighted by Crippen LogP contribution is -2.46. The molecule has 0 fully saturated rings. The monoisotopic (exact) mass is 355 g/mol. The number of halogens is 2. The molecule has 4 nitrogen and oxygen atoms in total. The molecule has 0 amide bonds. The van der Waals surface area contributed by atoms with Gasteiger partial charge in [0, 0.05) is 11.6 Å². The molecule has 0 aromatic heterocycles. The molecule has 0 heterocycles. The first kappa shape index (κ1) is 15.9. The summed E-state index contributed by atoms with van der Waals surface area (Å²) >= 11 is 9.03. The average Bonchev–Trinajstić information content (AvgIpc) is 2.20. The number of methoxy groups -OCH3 is 1. The zero-order chi connectivity index (χ0) is 14.0. The maximum Gasteiger partial charge on any atom is 0.241 e. The quantitative estimate of drug-likeness (QED) is 0.882. The molecule has 18 heavy (non-hydrogen) atoms. The first-order chi connectivity index (χ1) is 8.18. The van der Waals surface area contributed by atoms with E-state index < -0.39 is 15.6 Å². The molecule has 0 aliphatic rings. The van der Waals surface area contributed by atoms with Crippen molar-refractivity contribution in [2.24, 2.45) is 0 Å². The van der Waals surface area contributed by atoms with E-state index in [-0.39, 0.29) is 11.5 Å². The van der Waals surface area contributed by atoms with Gasteiger partial charge in [0.2, 0.25) is 10.0 Å². The van der Waals surface area contributed by atoms with E-state index in [9.17, 15) is 8.42 Å². The van der Waals surface area contributed by atoms with E-state index in [0.717, 1.165) is 0 Å². The number of ether oxygens (including phenoxy) is 1. The standard InChI is InChI=1S/C11H15BrClNO3S/c1-11(2,7-17-3)14-18(15,16)8-4-5-10(13)9(12)6-8/h4-6,14H,7H2,1-3H3. The highest BCUT2D eigenvalue weighted by molar-refractivity contribution is 9.10. The topological polar surface area (TPSA) is 55.4 Å². The maximum atomic E-state index is 12.2. The number of nitrogens with one attached hydrogen (secondary N) is 1. The second-order valence-corrected chi connectivity index (χ2v) is 7.44. The summed E-state index contributed by atoms with van der Waals surface area (Å²) in [4.78, 5) is 0.156. The van der Waals surface area contributed by atoms with Crippen LogP contribution in [0.2, 0.25) is 5.02 Å². The van der Waals surface area contributed by atoms with Crippen LogP contribution in [-0.4, -0.2) is 27.7 Å². The van der Waals surface area contributed by atoms with Crippen molar-refractivity contribution in [3.63, 3.8) is 0 Å². The van der Waals surface area contributed by atoms with Crippen molar-refractivity contribution >= 4 is 37.6 Å². The highest BCUT2D eigenvalue weighted by Crippen LogP contribution is 2.25. The fourth-order valence-electron chi connectivity index (χ4n) is 1.46. The zero-order valence-corrected chi connectivity index (χ0v) is 13.5. The van der Waals surface area contributed by atoms with Crippen molar-refractivity contribution < 1.29 is 13.2 Å². The van der Waals surface area contributed by atoms with Crippen LogP contribution in [-0.2, 0) is 14.8 Å². The Balaban J connectivity index is 3.03. The molecule has 0 bridgehead atoms. The minimum Gasteiger partial charge on any atom is -0.383 e. The lowest BCUT2D eigenvalue weighted by Gasteiger charge is -2.25. The number of sulfonamides is 1. The number of rotatable bonds is 5. The molecule has 1 rings (SSSR count). The van der Waals surface area contributed by atoms with Gasteiger partial charge in [0.1, 0.15) is 0 Å². The Labute approximate surface area is 121 Å². The molecule has 0 saturated carbocycles. The molecule has 1 aromatic rings. The molecular weight excluding hydrogens is 342 g/mol. The van der Waals surface area contributed by atoms with Gasteiger partial charge >= 0.3 is 0 Å². The molecule has 7 heteroatoms. The zero-order valence-electron chi connectivity index (χ0n) is 10.3. The largest absolute Gasteiger partial charge is 0.383 e. The predicted octanol–water partition coefficient (Wildman–Crippen LogP) is 2.81. The Morgan fingerprint density at radius 3 is 2.56 bits per heavy atom. The van der Waals surface area contributed by atoms with Crippen molar-refractivity contribution in [3.8, 4) is 0 Å². The summed E-state index contributed by atoms with van der Waals surface area (Å²) in [5.41, 5.74) is -0.681. The molecule has 0 atom stereocenters. The maximum absolute atomic E-state index is 12.2. The lowest BCUT2D eigenvalue weighted by molar-refractivity contribution is 0.141. The lowest BCUT2D eigenvalue weighted by atomic mass is 10.1. The highest BCUT2D eigenvalue weighted by atomic mass is 79.9. The van der Waals surface area contributed by atoms with Gasteiger partial charge in [0.05, 0.1) is 22.1 Å². The third-order valence-corrected chi connectivity index (χ3v) is 5.03. The molecule has 0 saturated heterocycles. The van der Waals surface area contributed by atoms with E-state index in [4.69, 9.17) is 16.3 Å². The van der Waals surface area contributed by atoms with Crippen LogP contribution in [0.15, 0.2) is 27.6 Å². The van der Waals surface area contributed by atoms with Gasteiger partial charge in [0.15, 0.2) is 0 Å². The van der Waals surface area contributed by atoms with Crippen molar-refractivity contribution in [2.45, 2.75) is 24.3 Å². The van der Waals surface area contributed by atoms with Gasteiger partial charge in [-0.25, -0.2) is 13.1 Å². The van der Waals surface area contributed by atoms with Crippen molar-refractivity contribution in [1.29, 1.82) is 0 Å². The van der Waals surface area contributed by atoms with Gasteiger partial charge in [-0.1, -0.05) is 11.6 Å². The van der Waals surface area contributed by atoms with Crippen LogP contribution in [0.5, 0.6) is 0 Å². The second-order valence-electron chi connectivity index (χ2n) is 4.50. The molecule has 0 aliphatic heterocycles. The first-order valence-electron chi connectivity index (χ1n) is 5.16. The molecule has 102 valence electrons. The highest BCUT2D eigenvalue weighted by Gasteiger charge is 2.26. The first-order valence-corrected chi connectivity index (χ1v) is 7.81. The fourth-order valence-corrected chi connectivity index (χ4v) is 3.53. The minimum atomic E-state index is -3.60. The van der Waals surface area contributed by atoms with Crippen LogP contribution in [0.1, 0.15) is 13.8 Å². The minimum absolute atomic E-state index is 0.156. The summed E-state index contributed by atoms with van der Waals surface area (Å²) in [5, 5.41) is 0.463. The summed E-state index contributed by atoms with van der Waals surface area (Å²) in [6, 6.07) is 4.45. The van der Waals surface area contributed by atoms with E-state index >= 15 is 0 Å². The second kappa shape index (κ2) is 5.88. The van der Waals surface area contributed by atoms with Gasteiger partial charge in [0.25, 0.3) is 0 Å². The summed E-state index contributed by atoms with van der Waals surface area (Å²) in [7, 11) is -2.08. The molecular formula is C11H15BrClNO3S. The third-order valence-electron chi connectivity index (χ3n) is 2.12. The Bertz CT molecular complexity index is 531. The van der Waals surface area contributed by atoms with Crippen molar-refractivity contribution in [1.82, 2.24) is 4.72 Å². The van der Waals surface area contributed by atoms with E-state index in [1.54, 1.807) is 13.8 Å². The van der Waals surface area contributed by atoms with Gasteiger partial charge in [-0.2, -0.15) is 0 Å². The Morgan fingerprint density at radius 1 is 1.44 bits per heavy atom.